The highest BCUT2D eigenvalue weighted by molar-refractivity contribution is 5.86. The molecular weight excluding hydrogens is 374 g/mol. The molecule has 5 nitrogen and oxygen atoms in total. The van der Waals surface area contributed by atoms with Crippen molar-refractivity contribution in [1.29, 1.82) is 0 Å². The first kappa shape index (κ1) is 19.7. The fraction of sp³-hybridized carbons (Fsp3) is 0.200. The van der Waals surface area contributed by atoms with E-state index in [0.29, 0.717) is 19.4 Å². The van der Waals surface area contributed by atoms with E-state index in [2.05, 4.69) is 21.4 Å². The normalized spacial score (nSPS) is 11.9. The first-order valence-corrected chi connectivity index (χ1v) is 10.1. The molecule has 1 atom stereocenters. The Balaban J connectivity index is 1.57. The Morgan fingerprint density at radius 2 is 1.83 bits per heavy atom. The van der Waals surface area contributed by atoms with Gasteiger partial charge in [0.1, 0.15) is 5.75 Å². The van der Waals surface area contributed by atoms with E-state index in [1.165, 1.54) is 0 Å². The Hall–Kier alpha value is -3.60. The molecule has 2 aromatic carbocycles. The number of rotatable bonds is 8. The topological polar surface area (TPSA) is 67.0 Å². The number of carbonyl (C=O) groups excluding carboxylic acids is 1. The highest BCUT2D eigenvalue weighted by atomic mass is 16.5. The first-order chi connectivity index (χ1) is 14.8. The number of nitrogens with one attached hydrogen (secondary N) is 2. The molecule has 0 unspecified atom stereocenters. The zero-order chi connectivity index (χ0) is 20.8. The van der Waals surface area contributed by atoms with Crippen LogP contribution < -0.4 is 10.1 Å². The van der Waals surface area contributed by atoms with Crippen LogP contribution in [0.1, 0.15) is 29.2 Å². The largest absolute Gasteiger partial charge is 0.496 e. The molecule has 5 heteroatoms. The molecule has 0 aliphatic heterocycles. The predicted molar refractivity (Wildman–Crippen MR) is 119 cm³/mol. The van der Waals surface area contributed by atoms with E-state index >= 15 is 0 Å². The highest BCUT2D eigenvalue weighted by Gasteiger charge is 2.24. The summed E-state index contributed by atoms with van der Waals surface area (Å²) < 4.78 is 5.61. The van der Waals surface area contributed by atoms with Gasteiger partial charge in [-0.2, -0.15) is 0 Å². The third kappa shape index (κ3) is 4.35. The molecule has 30 heavy (non-hydrogen) atoms. The van der Waals surface area contributed by atoms with Gasteiger partial charge in [-0.1, -0.05) is 42.5 Å². The number of carbonyl (C=O) groups is 1. The molecule has 0 saturated carbocycles. The molecule has 2 aromatic heterocycles. The molecule has 4 aromatic rings. The zero-order valence-corrected chi connectivity index (χ0v) is 17.0. The standard InChI is InChI=1S/C25H25N3O2/c1-30-24-12-5-3-10-20(24)21(22-17-28-23-11-4-2-9-19(22)23)16-25(29)27-15-13-18-8-6-7-14-26-18/h2-12,14,17,21,28H,13,15-16H2,1H3,(H,27,29)/t21-/m1/s1. The van der Waals surface area contributed by atoms with Crippen LogP contribution in [0.25, 0.3) is 10.9 Å². The highest BCUT2D eigenvalue weighted by Crippen LogP contribution is 2.37. The Kier molecular flexibility index (Phi) is 6.09. The maximum Gasteiger partial charge on any atom is 0.220 e. The van der Waals surface area contributed by atoms with Gasteiger partial charge in [-0.15, -0.1) is 0 Å². The molecule has 0 radical (unpaired) electrons. The van der Waals surface area contributed by atoms with Gasteiger partial charge in [0.2, 0.25) is 5.91 Å². The Morgan fingerprint density at radius 3 is 2.67 bits per heavy atom. The van der Waals surface area contributed by atoms with Crippen LogP contribution in [0.15, 0.2) is 79.1 Å². The smallest absolute Gasteiger partial charge is 0.220 e. The van der Waals surface area contributed by atoms with E-state index in [-0.39, 0.29) is 11.8 Å². The lowest BCUT2D eigenvalue weighted by molar-refractivity contribution is -0.121. The number of para-hydroxylation sites is 2. The van der Waals surface area contributed by atoms with Crippen LogP contribution in [0.4, 0.5) is 0 Å². The van der Waals surface area contributed by atoms with Gasteiger partial charge in [-0.25, -0.2) is 0 Å². The third-order valence-corrected chi connectivity index (χ3v) is 5.33. The summed E-state index contributed by atoms with van der Waals surface area (Å²) in [4.78, 5) is 20.5. The zero-order valence-electron chi connectivity index (χ0n) is 17.0. The van der Waals surface area contributed by atoms with Crippen LogP contribution in [-0.4, -0.2) is 29.5 Å². The van der Waals surface area contributed by atoms with Crippen LogP contribution in [0.3, 0.4) is 0 Å². The van der Waals surface area contributed by atoms with Crippen molar-refractivity contribution in [1.82, 2.24) is 15.3 Å². The second-order valence-corrected chi connectivity index (χ2v) is 7.21. The van der Waals surface area contributed by atoms with Crippen molar-refractivity contribution in [2.24, 2.45) is 0 Å². The van der Waals surface area contributed by atoms with Crippen molar-refractivity contribution in [3.63, 3.8) is 0 Å². The summed E-state index contributed by atoms with van der Waals surface area (Å²) in [6, 6.07) is 21.9. The monoisotopic (exact) mass is 399 g/mol. The van der Waals surface area contributed by atoms with E-state index < -0.39 is 0 Å². The van der Waals surface area contributed by atoms with Crippen molar-refractivity contribution in [3.8, 4) is 5.75 Å². The number of H-pyrrole nitrogens is 1. The summed E-state index contributed by atoms with van der Waals surface area (Å²) in [7, 11) is 1.66. The number of methoxy groups -OCH3 is 1. The van der Waals surface area contributed by atoms with Gasteiger partial charge in [0.15, 0.2) is 0 Å². The van der Waals surface area contributed by atoms with Gasteiger partial charge in [-0.05, 0) is 29.8 Å². The number of hydrogen-bond acceptors (Lipinski definition) is 3. The molecule has 1 amide bonds. The van der Waals surface area contributed by atoms with Crippen LogP contribution in [0.2, 0.25) is 0 Å². The number of fused-ring (bicyclic) bond motifs is 1. The molecule has 0 bridgehead atoms. The van der Waals surface area contributed by atoms with Crippen molar-refractivity contribution in [2.75, 3.05) is 13.7 Å². The molecule has 2 N–H and O–H groups in total. The van der Waals surface area contributed by atoms with Crippen molar-refractivity contribution in [3.05, 3.63) is 95.9 Å². The maximum atomic E-state index is 12.9. The minimum atomic E-state index is -0.118. The van der Waals surface area contributed by atoms with Crippen molar-refractivity contribution >= 4 is 16.8 Å². The van der Waals surface area contributed by atoms with E-state index in [1.807, 2.05) is 66.9 Å². The van der Waals surface area contributed by atoms with Gasteiger partial charge >= 0.3 is 0 Å². The lowest BCUT2D eigenvalue weighted by Gasteiger charge is -2.19. The molecule has 2 heterocycles. The van der Waals surface area contributed by atoms with Gasteiger partial charge in [-0.3, -0.25) is 9.78 Å². The molecule has 0 saturated heterocycles. The number of hydrogen-bond donors (Lipinski definition) is 2. The van der Waals surface area contributed by atoms with E-state index in [1.54, 1.807) is 13.3 Å². The predicted octanol–water partition coefficient (Wildman–Crippen LogP) is 4.45. The first-order valence-electron chi connectivity index (χ1n) is 10.1. The number of nitrogens with zero attached hydrogens (tertiary/aromatic N) is 1. The lowest BCUT2D eigenvalue weighted by atomic mass is 9.87. The summed E-state index contributed by atoms with van der Waals surface area (Å²) in [6.45, 7) is 0.558. The number of aromatic nitrogens is 2. The second kappa shape index (κ2) is 9.27. The van der Waals surface area contributed by atoms with Crippen LogP contribution in [-0.2, 0) is 11.2 Å². The number of amides is 1. The Morgan fingerprint density at radius 1 is 1.03 bits per heavy atom. The Bertz CT molecular complexity index is 1120. The molecule has 0 spiro atoms. The average Bonchev–Trinajstić information content (AvgIpc) is 3.22. The molecule has 152 valence electrons. The van der Waals surface area contributed by atoms with Crippen LogP contribution in [0.5, 0.6) is 5.75 Å². The Labute approximate surface area is 176 Å². The number of pyridine rings is 1. The molecule has 4 rings (SSSR count). The number of benzene rings is 2. The van der Waals surface area contributed by atoms with Crippen LogP contribution >= 0.6 is 0 Å². The summed E-state index contributed by atoms with van der Waals surface area (Å²) in [5, 5.41) is 4.17. The molecular formula is C25H25N3O2. The van der Waals surface area contributed by atoms with Gasteiger partial charge in [0, 0.05) is 59.9 Å². The second-order valence-electron chi connectivity index (χ2n) is 7.21. The quantitative estimate of drug-likeness (QED) is 0.460. The number of aromatic amines is 1. The van der Waals surface area contributed by atoms with Crippen molar-refractivity contribution in [2.45, 2.75) is 18.8 Å². The fourth-order valence-electron chi connectivity index (χ4n) is 3.86. The van der Waals surface area contributed by atoms with Crippen molar-refractivity contribution < 1.29 is 9.53 Å². The third-order valence-electron chi connectivity index (χ3n) is 5.33. The summed E-state index contributed by atoms with van der Waals surface area (Å²) in [5.41, 5.74) is 4.12. The lowest BCUT2D eigenvalue weighted by Crippen LogP contribution is -2.27. The molecule has 0 aliphatic rings. The summed E-state index contributed by atoms with van der Waals surface area (Å²) >= 11 is 0. The average molecular weight is 399 g/mol. The van der Waals surface area contributed by atoms with E-state index in [9.17, 15) is 4.79 Å². The van der Waals surface area contributed by atoms with Gasteiger partial charge < -0.3 is 15.0 Å². The minimum Gasteiger partial charge on any atom is -0.496 e. The summed E-state index contributed by atoms with van der Waals surface area (Å²) in [5.74, 6) is 0.674. The fourth-order valence-corrected chi connectivity index (χ4v) is 3.86. The summed E-state index contributed by atoms with van der Waals surface area (Å²) in [6.07, 6.45) is 4.82. The molecule has 0 fully saturated rings. The van der Waals surface area contributed by atoms with Gasteiger partial charge in [0.05, 0.1) is 7.11 Å². The minimum absolute atomic E-state index is 0.00659. The molecule has 0 aliphatic carbocycles. The van der Waals surface area contributed by atoms with E-state index in [4.69, 9.17) is 4.74 Å². The van der Waals surface area contributed by atoms with Gasteiger partial charge in [0.25, 0.3) is 0 Å². The van der Waals surface area contributed by atoms with E-state index in [0.717, 1.165) is 33.5 Å². The SMILES string of the molecule is COc1ccccc1[C@@H](CC(=O)NCCc1ccccn1)c1c[nH]c2ccccc12. The van der Waals surface area contributed by atoms with Crippen LogP contribution in [0, 0.1) is 0 Å². The maximum absolute atomic E-state index is 12.9. The number of ether oxygens (including phenoxy) is 1.